The Labute approximate surface area is 145 Å². The lowest BCUT2D eigenvalue weighted by Crippen LogP contribution is -2.41. The molecule has 0 atom stereocenters. The molecule has 2 heterocycles. The number of amides is 1. The molecule has 0 fully saturated rings. The molecule has 0 aliphatic heterocycles. The Hall–Kier alpha value is -2.40. The number of carbonyl (C=O) groups excluding carboxylic acids is 1. The number of rotatable bonds is 3. The zero-order valence-corrected chi connectivity index (χ0v) is 14.7. The molecule has 24 heavy (non-hydrogen) atoms. The van der Waals surface area contributed by atoms with Crippen LogP contribution in [0.2, 0.25) is 5.02 Å². The molecule has 1 amide bonds. The topological polar surface area (TPSA) is 68.0 Å². The lowest BCUT2D eigenvalue weighted by molar-refractivity contribution is 0.0913. The number of pyridine rings is 1. The summed E-state index contributed by atoms with van der Waals surface area (Å²) in [4.78, 5) is 17.1. The second-order valence-corrected chi connectivity index (χ2v) is 6.73. The Kier molecular flexibility index (Phi) is 4.05. The highest BCUT2D eigenvalue weighted by Gasteiger charge is 2.30. The molecule has 124 valence electrons. The van der Waals surface area contributed by atoms with E-state index >= 15 is 0 Å². The first-order valence-electron chi connectivity index (χ1n) is 7.60. The molecule has 0 aliphatic rings. The maximum absolute atomic E-state index is 12.9. The second-order valence-electron chi connectivity index (χ2n) is 6.30. The van der Waals surface area contributed by atoms with Gasteiger partial charge in [0, 0.05) is 22.2 Å². The standard InChI is InChI=1S/C18H18ClN3O2/c1-10-16(11(2)24-22-10)18(3,4)21-17(23)14-7-8-20-15-9-12(19)5-6-13(14)15/h5-9H,1-4H3,(H,21,23). The van der Waals surface area contributed by atoms with Gasteiger partial charge in [0.05, 0.1) is 22.3 Å². The van der Waals surface area contributed by atoms with Gasteiger partial charge in [-0.2, -0.15) is 0 Å². The van der Waals surface area contributed by atoms with Crippen LogP contribution >= 0.6 is 11.6 Å². The first-order valence-corrected chi connectivity index (χ1v) is 7.97. The van der Waals surface area contributed by atoms with Gasteiger partial charge in [-0.25, -0.2) is 0 Å². The lowest BCUT2D eigenvalue weighted by atomic mass is 9.92. The second kappa shape index (κ2) is 5.91. The molecule has 6 heteroatoms. The molecule has 5 nitrogen and oxygen atoms in total. The summed E-state index contributed by atoms with van der Waals surface area (Å²) in [5, 5.41) is 8.38. The summed E-state index contributed by atoms with van der Waals surface area (Å²) >= 11 is 6.00. The van der Waals surface area contributed by atoms with E-state index in [2.05, 4.69) is 15.5 Å². The number of halogens is 1. The van der Waals surface area contributed by atoms with E-state index in [1.165, 1.54) is 0 Å². The molecule has 0 spiro atoms. The molecule has 0 aliphatic carbocycles. The Morgan fingerprint density at radius 3 is 2.67 bits per heavy atom. The third kappa shape index (κ3) is 2.87. The van der Waals surface area contributed by atoms with Gasteiger partial charge in [-0.05, 0) is 45.9 Å². The van der Waals surface area contributed by atoms with Crippen LogP contribution in [0, 0.1) is 13.8 Å². The van der Waals surface area contributed by atoms with Gasteiger partial charge in [0.15, 0.2) is 0 Å². The SMILES string of the molecule is Cc1noc(C)c1C(C)(C)NC(=O)c1ccnc2cc(Cl)ccc12. The Balaban J connectivity index is 1.98. The van der Waals surface area contributed by atoms with Gasteiger partial charge in [-0.15, -0.1) is 0 Å². The number of fused-ring (bicyclic) bond motifs is 1. The molecule has 0 unspecified atom stereocenters. The minimum absolute atomic E-state index is 0.185. The van der Waals surface area contributed by atoms with E-state index in [1.807, 2.05) is 33.8 Å². The summed E-state index contributed by atoms with van der Waals surface area (Å²) < 4.78 is 5.23. The number of benzene rings is 1. The third-order valence-electron chi connectivity index (χ3n) is 4.03. The number of hydrogen-bond donors (Lipinski definition) is 1. The van der Waals surface area contributed by atoms with Crippen LogP contribution in [0.25, 0.3) is 10.9 Å². The fourth-order valence-corrected chi connectivity index (χ4v) is 3.27. The van der Waals surface area contributed by atoms with Crippen molar-refractivity contribution >= 4 is 28.4 Å². The van der Waals surface area contributed by atoms with Gasteiger partial charge in [-0.1, -0.05) is 22.8 Å². The summed E-state index contributed by atoms with van der Waals surface area (Å²) in [7, 11) is 0. The van der Waals surface area contributed by atoms with E-state index < -0.39 is 5.54 Å². The van der Waals surface area contributed by atoms with Crippen molar-refractivity contribution in [2.75, 3.05) is 0 Å². The zero-order valence-electron chi connectivity index (χ0n) is 14.0. The maximum atomic E-state index is 12.9. The van der Waals surface area contributed by atoms with Gasteiger partial charge in [0.25, 0.3) is 5.91 Å². The molecular weight excluding hydrogens is 326 g/mol. The zero-order chi connectivity index (χ0) is 17.5. The van der Waals surface area contributed by atoms with Crippen LogP contribution in [0.15, 0.2) is 35.0 Å². The van der Waals surface area contributed by atoms with E-state index in [1.54, 1.807) is 24.4 Å². The van der Waals surface area contributed by atoms with E-state index in [9.17, 15) is 4.79 Å². The maximum Gasteiger partial charge on any atom is 0.252 e. The fourth-order valence-electron chi connectivity index (χ4n) is 3.11. The van der Waals surface area contributed by atoms with Gasteiger partial charge in [0.1, 0.15) is 5.76 Å². The number of aromatic nitrogens is 2. The van der Waals surface area contributed by atoms with Crippen molar-refractivity contribution in [1.82, 2.24) is 15.5 Å². The van der Waals surface area contributed by atoms with Crippen molar-refractivity contribution in [3.63, 3.8) is 0 Å². The summed E-state index contributed by atoms with van der Waals surface area (Å²) in [6, 6.07) is 7.01. The molecule has 1 N–H and O–H groups in total. The molecular formula is C18H18ClN3O2. The largest absolute Gasteiger partial charge is 0.361 e. The summed E-state index contributed by atoms with van der Waals surface area (Å²) in [6.07, 6.45) is 1.61. The van der Waals surface area contributed by atoms with Crippen LogP contribution in [0.3, 0.4) is 0 Å². The smallest absolute Gasteiger partial charge is 0.252 e. The number of aryl methyl sites for hydroxylation is 2. The van der Waals surface area contributed by atoms with Crippen molar-refractivity contribution in [1.29, 1.82) is 0 Å². The van der Waals surface area contributed by atoms with Crippen LogP contribution in [0.4, 0.5) is 0 Å². The molecule has 0 radical (unpaired) electrons. The van der Waals surface area contributed by atoms with E-state index in [-0.39, 0.29) is 5.91 Å². The predicted molar refractivity (Wildman–Crippen MR) is 93.2 cm³/mol. The van der Waals surface area contributed by atoms with Gasteiger partial charge in [0.2, 0.25) is 0 Å². The predicted octanol–water partition coefficient (Wildman–Crippen LogP) is 4.16. The molecule has 0 saturated heterocycles. The number of carbonyl (C=O) groups is 1. The normalized spacial score (nSPS) is 11.7. The number of nitrogens with one attached hydrogen (secondary N) is 1. The molecule has 2 aromatic heterocycles. The average Bonchev–Trinajstić information content (AvgIpc) is 2.85. The van der Waals surface area contributed by atoms with Crippen molar-refractivity contribution in [2.45, 2.75) is 33.2 Å². The Morgan fingerprint density at radius 2 is 2.00 bits per heavy atom. The molecule has 1 aromatic carbocycles. The Morgan fingerprint density at radius 1 is 1.25 bits per heavy atom. The van der Waals surface area contributed by atoms with E-state index in [0.717, 1.165) is 16.6 Å². The van der Waals surface area contributed by atoms with Gasteiger partial charge < -0.3 is 9.84 Å². The van der Waals surface area contributed by atoms with Crippen molar-refractivity contribution < 1.29 is 9.32 Å². The molecule has 0 saturated carbocycles. The molecule has 3 aromatic rings. The summed E-state index contributed by atoms with van der Waals surface area (Å²) in [5.41, 5.74) is 2.27. The van der Waals surface area contributed by atoms with Crippen LogP contribution in [-0.2, 0) is 5.54 Å². The van der Waals surface area contributed by atoms with Crippen molar-refractivity contribution in [3.8, 4) is 0 Å². The lowest BCUT2D eigenvalue weighted by Gasteiger charge is -2.26. The fraction of sp³-hybridized carbons (Fsp3) is 0.278. The van der Waals surface area contributed by atoms with E-state index in [4.69, 9.17) is 16.1 Å². The highest BCUT2D eigenvalue weighted by molar-refractivity contribution is 6.31. The number of nitrogens with zero attached hydrogens (tertiary/aromatic N) is 2. The summed E-state index contributed by atoms with van der Waals surface area (Å²) in [6.45, 7) is 7.56. The molecule has 0 bridgehead atoms. The van der Waals surface area contributed by atoms with Crippen LogP contribution in [0.5, 0.6) is 0 Å². The van der Waals surface area contributed by atoms with Crippen LogP contribution < -0.4 is 5.32 Å². The highest BCUT2D eigenvalue weighted by atomic mass is 35.5. The van der Waals surface area contributed by atoms with Crippen LogP contribution in [0.1, 0.15) is 41.2 Å². The summed E-state index contributed by atoms with van der Waals surface area (Å²) in [5.74, 6) is 0.513. The quantitative estimate of drug-likeness (QED) is 0.775. The number of hydrogen-bond acceptors (Lipinski definition) is 4. The van der Waals surface area contributed by atoms with Gasteiger partial charge >= 0.3 is 0 Å². The minimum atomic E-state index is -0.618. The average molecular weight is 344 g/mol. The monoisotopic (exact) mass is 343 g/mol. The minimum Gasteiger partial charge on any atom is -0.361 e. The Bertz CT molecular complexity index is 912. The molecule has 3 rings (SSSR count). The highest BCUT2D eigenvalue weighted by Crippen LogP contribution is 2.28. The first kappa shape index (κ1) is 16.5. The van der Waals surface area contributed by atoms with E-state index in [0.29, 0.717) is 21.9 Å². The van der Waals surface area contributed by atoms with Gasteiger partial charge in [-0.3, -0.25) is 9.78 Å². The third-order valence-corrected chi connectivity index (χ3v) is 4.27. The van der Waals surface area contributed by atoms with Crippen molar-refractivity contribution in [2.24, 2.45) is 0 Å². The van der Waals surface area contributed by atoms with Crippen molar-refractivity contribution in [3.05, 3.63) is 58.1 Å². The first-order chi connectivity index (χ1) is 11.3. The van der Waals surface area contributed by atoms with Crippen LogP contribution in [-0.4, -0.2) is 16.0 Å².